The molecule has 0 heterocycles. The predicted molar refractivity (Wildman–Crippen MR) is 42.8 cm³/mol. The smallest absolute Gasteiger partial charge is 0.436 e. The van der Waals surface area contributed by atoms with Crippen molar-refractivity contribution in [2.24, 2.45) is 0 Å². The first-order chi connectivity index (χ1) is 7.20. The van der Waals surface area contributed by atoms with E-state index in [4.69, 9.17) is 0 Å². The quantitative estimate of drug-likeness (QED) is 0.431. The lowest BCUT2D eigenvalue weighted by Crippen LogP contribution is -2.25. The molecule has 0 aromatic rings. The molecule has 0 saturated carbocycles. The molecule has 0 radical (unpaired) electrons. The van der Waals surface area contributed by atoms with Gasteiger partial charge in [0.1, 0.15) is 0 Å². The molecule has 0 aliphatic heterocycles. The Kier molecular flexibility index (Phi) is 5.00. The van der Waals surface area contributed by atoms with Gasteiger partial charge in [-0.2, -0.15) is 21.6 Å². The highest BCUT2D eigenvalue weighted by molar-refractivity contribution is 7.90. The van der Waals surface area contributed by atoms with E-state index in [0.29, 0.717) is 7.11 Å². The summed E-state index contributed by atoms with van der Waals surface area (Å²) in [5, 5.41) is 0. The minimum atomic E-state index is -5.40. The second-order valence-electron chi connectivity index (χ2n) is 2.26. The largest absolute Gasteiger partial charge is 0.465 e. The van der Waals surface area contributed by atoms with E-state index in [1.54, 1.807) is 0 Å². The Labute approximate surface area is 88.6 Å². The molecule has 0 amide bonds. The van der Waals surface area contributed by atoms with Crippen LogP contribution in [0.25, 0.3) is 0 Å². The van der Waals surface area contributed by atoms with Gasteiger partial charge >= 0.3 is 22.2 Å². The molecule has 0 N–H and O–H groups in total. The third-order valence-electron chi connectivity index (χ3n) is 1.22. The first-order valence-corrected chi connectivity index (χ1v) is 5.15. The van der Waals surface area contributed by atoms with Crippen LogP contribution < -0.4 is 0 Å². The second-order valence-corrected chi connectivity index (χ2v) is 3.81. The summed E-state index contributed by atoms with van der Waals surface area (Å²) in [7, 11) is -4.58. The second kappa shape index (κ2) is 5.34. The van der Waals surface area contributed by atoms with Crippen LogP contribution >= 0.6 is 0 Å². The summed E-state index contributed by atoms with van der Waals surface area (Å²) in [5.74, 6) is -1.83. The van der Waals surface area contributed by atoms with Crippen LogP contribution in [0, 0.1) is 0 Å². The van der Waals surface area contributed by atoms with Crippen LogP contribution in [0.1, 0.15) is 6.92 Å². The normalized spacial score (nSPS) is 14.4. The van der Waals surface area contributed by atoms with E-state index in [1.165, 1.54) is 0 Å². The van der Waals surface area contributed by atoms with Gasteiger partial charge in [0.05, 0.1) is 13.7 Å². The fourth-order valence-electron chi connectivity index (χ4n) is 0.733. The van der Waals surface area contributed by atoms with E-state index in [2.05, 4.69) is 13.9 Å². The zero-order valence-corrected chi connectivity index (χ0v) is 8.98. The van der Waals surface area contributed by atoms with Crippen molar-refractivity contribution in [2.75, 3.05) is 13.7 Å². The van der Waals surface area contributed by atoms with Crippen LogP contribution in [0.4, 0.5) is 17.7 Å². The number of hydrogen-bond donors (Lipinski definition) is 0. The van der Waals surface area contributed by atoms with E-state index < -0.39 is 33.8 Å². The third-order valence-corrected chi connectivity index (χ3v) is 2.67. The summed E-state index contributed by atoms with van der Waals surface area (Å²) in [4.78, 5) is 0.330. The Bertz CT molecular complexity index is 352. The molecule has 10 heteroatoms. The van der Waals surface area contributed by atoms with Gasteiger partial charge in [-0.25, -0.2) is 0 Å². The molecule has 0 aromatic carbocycles. The summed E-state index contributed by atoms with van der Waals surface area (Å²) in [6, 6.07) is 0. The Morgan fingerprint density at radius 3 is 2.06 bits per heavy atom. The van der Waals surface area contributed by atoms with E-state index in [0.717, 1.165) is 6.92 Å². The molecule has 5 nitrogen and oxygen atoms in total. The highest BCUT2D eigenvalue weighted by atomic mass is 32.2. The van der Waals surface area contributed by atoms with Crippen molar-refractivity contribution in [3.05, 3.63) is 10.9 Å². The topological polar surface area (TPSA) is 61.8 Å². The Balaban J connectivity index is 5.72. The number of allylic oxidation sites excluding steroid dienone is 1. The number of alkyl halides is 3. The highest BCUT2D eigenvalue weighted by Gasteiger charge is 2.49. The van der Waals surface area contributed by atoms with E-state index in [1.807, 2.05) is 0 Å². The maximum absolute atomic E-state index is 12.3. The molecular weight excluding hydrogens is 260 g/mol. The lowest BCUT2D eigenvalue weighted by Gasteiger charge is -2.12. The Hall–Kier alpha value is -1.03. The highest BCUT2D eigenvalue weighted by Crippen LogP contribution is 2.34. The molecule has 0 unspecified atom stereocenters. The van der Waals surface area contributed by atoms with Gasteiger partial charge in [-0.15, -0.1) is 0 Å². The monoisotopic (exact) mass is 268 g/mol. The molecule has 0 spiro atoms. The standard InChI is InChI=1S/C6H8F4O5S/c1-3-14-16(11,12)4(6(7,8)9)5(13-2)15-10/h3H2,1-2H3. The fraction of sp³-hybridized carbons (Fsp3) is 0.667. The summed E-state index contributed by atoms with van der Waals surface area (Å²) >= 11 is 0. The molecule has 0 atom stereocenters. The van der Waals surface area contributed by atoms with Crippen LogP contribution in [0.3, 0.4) is 0 Å². The van der Waals surface area contributed by atoms with Gasteiger partial charge in [-0.05, 0) is 6.92 Å². The van der Waals surface area contributed by atoms with Crippen molar-refractivity contribution < 1.29 is 40.0 Å². The predicted octanol–water partition coefficient (Wildman–Crippen LogP) is 1.63. The summed E-state index contributed by atoms with van der Waals surface area (Å²) < 4.78 is 78.4. The van der Waals surface area contributed by atoms with Crippen molar-refractivity contribution in [3.8, 4) is 0 Å². The van der Waals surface area contributed by atoms with Gasteiger partial charge in [-0.1, -0.05) is 0 Å². The van der Waals surface area contributed by atoms with Crippen LogP contribution in [-0.2, 0) is 24.0 Å². The van der Waals surface area contributed by atoms with Crippen molar-refractivity contribution in [2.45, 2.75) is 13.1 Å². The van der Waals surface area contributed by atoms with Crippen molar-refractivity contribution in [1.82, 2.24) is 0 Å². The van der Waals surface area contributed by atoms with Crippen LogP contribution in [0.15, 0.2) is 10.9 Å². The number of halogens is 4. The average Bonchev–Trinajstić information content (AvgIpc) is 2.11. The molecule has 0 fully saturated rings. The zero-order valence-electron chi connectivity index (χ0n) is 8.17. The van der Waals surface area contributed by atoms with E-state index in [-0.39, 0.29) is 0 Å². The van der Waals surface area contributed by atoms with Crippen LogP contribution in [0.5, 0.6) is 0 Å². The molecule has 0 saturated heterocycles. The fourth-order valence-corrected chi connectivity index (χ4v) is 1.76. The minimum absolute atomic E-state index is 0.550. The van der Waals surface area contributed by atoms with Gasteiger partial charge < -0.3 is 4.74 Å². The summed E-state index contributed by atoms with van der Waals surface area (Å²) in [5.41, 5.74) is 0. The van der Waals surface area contributed by atoms with Crippen molar-refractivity contribution in [1.29, 1.82) is 0 Å². The van der Waals surface area contributed by atoms with Gasteiger partial charge in [-0.3, -0.25) is 9.12 Å². The third kappa shape index (κ3) is 3.52. The van der Waals surface area contributed by atoms with Gasteiger partial charge in [0, 0.05) is 4.53 Å². The molecule has 0 rings (SSSR count). The Morgan fingerprint density at radius 1 is 1.31 bits per heavy atom. The van der Waals surface area contributed by atoms with Crippen molar-refractivity contribution >= 4 is 10.1 Å². The number of hydrogen-bond acceptors (Lipinski definition) is 5. The maximum Gasteiger partial charge on any atom is 0.436 e. The SMILES string of the molecule is CCOS(=O)(=O)C(=C(OC)OF)C(F)(F)F. The summed E-state index contributed by atoms with van der Waals surface area (Å²) in [6.45, 7) is 0.597. The molecule has 0 aliphatic rings. The molecule has 0 aromatic heterocycles. The molecule has 96 valence electrons. The lowest BCUT2D eigenvalue weighted by atomic mass is 10.6. The summed E-state index contributed by atoms with van der Waals surface area (Å²) in [6.07, 6.45) is -5.40. The molecule has 16 heavy (non-hydrogen) atoms. The zero-order chi connectivity index (χ0) is 13.0. The minimum Gasteiger partial charge on any atom is -0.465 e. The lowest BCUT2D eigenvalue weighted by molar-refractivity contribution is -0.155. The first kappa shape index (κ1) is 15.0. The number of rotatable bonds is 5. The first-order valence-electron chi connectivity index (χ1n) is 3.74. The molecule has 0 aliphatic carbocycles. The molecular formula is C6H8F4O5S. The van der Waals surface area contributed by atoms with Gasteiger partial charge in [0.15, 0.2) is 0 Å². The van der Waals surface area contributed by atoms with Gasteiger partial charge in [0.2, 0.25) is 0 Å². The molecule has 0 bridgehead atoms. The maximum atomic E-state index is 12.3. The number of methoxy groups -OCH3 is 1. The Morgan fingerprint density at radius 2 is 1.81 bits per heavy atom. The van der Waals surface area contributed by atoms with Crippen LogP contribution in [0.2, 0.25) is 0 Å². The average molecular weight is 268 g/mol. The van der Waals surface area contributed by atoms with E-state index in [9.17, 15) is 26.1 Å². The van der Waals surface area contributed by atoms with Crippen LogP contribution in [-0.4, -0.2) is 28.3 Å². The van der Waals surface area contributed by atoms with Gasteiger partial charge in [0.25, 0.3) is 4.91 Å². The number of ether oxygens (including phenoxy) is 1. The van der Waals surface area contributed by atoms with Crippen molar-refractivity contribution in [3.63, 3.8) is 0 Å². The van der Waals surface area contributed by atoms with E-state index >= 15 is 0 Å².